The number of epoxide rings is 2. The van der Waals surface area contributed by atoms with Crippen molar-refractivity contribution in [3.8, 4) is 0 Å². The SMILES string of the molecule is CC(F)(CCC[Si](C)(C)O[Si](C)(C)CCCOCC1CO1)CCC[Si](C)(C)O[Si](C)(C)CCCOCC1CO1. The van der Waals surface area contributed by atoms with Crippen LogP contribution in [0.25, 0.3) is 0 Å². The maximum absolute atomic E-state index is 15.4. The molecule has 2 aliphatic heterocycles. The van der Waals surface area contributed by atoms with Crippen molar-refractivity contribution in [1.29, 1.82) is 0 Å². The van der Waals surface area contributed by atoms with E-state index in [-0.39, 0.29) is 0 Å². The molecule has 2 unspecified atom stereocenters. The van der Waals surface area contributed by atoms with Gasteiger partial charge in [-0.2, -0.15) is 0 Å². The molecule has 11 heteroatoms. The van der Waals surface area contributed by atoms with E-state index in [1.165, 1.54) is 0 Å². The van der Waals surface area contributed by atoms with Crippen LogP contribution in [0.4, 0.5) is 4.39 Å². The maximum Gasteiger partial charge on any atom is 0.173 e. The second-order valence-electron chi connectivity index (χ2n) is 14.6. The fraction of sp³-hybridized carbons (Fsp3) is 1.00. The summed E-state index contributed by atoms with van der Waals surface area (Å²) < 4.78 is 50.7. The monoisotopic (exact) mass is 624 g/mol. The molecule has 0 saturated carbocycles. The molecule has 2 rings (SSSR count). The standard InChI is InChI=1S/C28H61FO6Si4/c1-28(29,14-10-18-36(2,3)34-38(6,7)20-12-16-30-22-26-24-32-26)15-11-19-37(4,5)35-39(8,9)21-13-17-31-23-27-25-33-27/h26-27H,10-25H2,1-9H3. The zero-order valence-electron chi connectivity index (χ0n) is 26.8. The molecule has 6 nitrogen and oxygen atoms in total. The normalized spacial score (nSPS) is 21.7. The molecular formula is C28H61FO6Si4. The molecule has 0 bridgehead atoms. The first kappa shape index (κ1) is 35.8. The maximum atomic E-state index is 15.4. The summed E-state index contributed by atoms with van der Waals surface area (Å²) in [7, 11) is -7.09. The van der Waals surface area contributed by atoms with Crippen molar-refractivity contribution in [2.24, 2.45) is 0 Å². The van der Waals surface area contributed by atoms with Crippen LogP contribution in [0.5, 0.6) is 0 Å². The Kier molecular flexibility index (Phi) is 14.5. The van der Waals surface area contributed by atoms with Gasteiger partial charge >= 0.3 is 0 Å². The molecular weight excluding hydrogens is 564 g/mol. The zero-order chi connectivity index (χ0) is 29.2. The van der Waals surface area contributed by atoms with Crippen molar-refractivity contribution in [2.45, 2.75) is 140 Å². The zero-order valence-corrected chi connectivity index (χ0v) is 30.8. The summed E-state index contributed by atoms with van der Waals surface area (Å²) in [6.07, 6.45) is 5.84. The third-order valence-corrected chi connectivity index (χ3v) is 22.7. The Bertz CT molecular complexity index is 644. The number of hydrogen-bond donors (Lipinski definition) is 0. The van der Waals surface area contributed by atoms with Crippen LogP contribution in [0.15, 0.2) is 0 Å². The van der Waals surface area contributed by atoms with Gasteiger partial charge in [-0.25, -0.2) is 4.39 Å². The van der Waals surface area contributed by atoms with Gasteiger partial charge in [0.2, 0.25) is 0 Å². The van der Waals surface area contributed by atoms with Gasteiger partial charge in [-0.05, 0) is 109 Å². The average Bonchev–Trinajstić information content (AvgIpc) is 3.66. The summed E-state index contributed by atoms with van der Waals surface area (Å²) in [5.74, 6) is 0. The van der Waals surface area contributed by atoms with Crippen molar-refractivity contribution >= 4 is 33.3 Å². The first-order chi connectivity index (χ1) is 18.0. The topological polar surface area (TPSA) is 62.0 Å². The molecule has 0 radical (unpaired) electrons. The molecule has 232 valence electrons. The molecule has 2 heterocycles. The Balaban J connectivity index is 1.59. The van der Waals surface area contributed by atoms with Crippen molar-refractivity contribution in [2.75, 3.05) is 39.6 Å². The highest BCUT2D eigenvalue weighted by Gasteiger charge is 2.35. The molecule has 0 aromatic heterocycles. The smallest absolute Gasteiger partial charge is 0.173 e. The molecule has 0 amide bonds. The minimum absolute atomic E-state index is 0.336. The van der Waals surface area contributed by atoms with Crippen LogP contribution in [-0.2, 0) is 27.2 Å². The Labute approximate surface area is 243 Å². The van der Waals surface area contributed by atoms with Crippen molar-refractivity contribution in [3.05, 3.63) is 0 Å². The minimum Gasteiger partial charge on any atom is -0.455 e. The van der Waals surface area contributed by atoms with E-state index in [4.69, 9.17) is 27.2 Å². The van der Waals surface area contributed by atoms with Gasteiger partial charge < -0.3 is 27.2 Å². The summed E-state index contributed by atoms with van der Waals surface area (Å²) in [5.41, 5.74) is -1.11. The van der Waals surface area contributed by atoms with E-state index in [2.05, 4.69) is 52.4 Å². The number of rotatable bonds is 24. The number of alkyl halides is 1. The van der Waals surface area contributed by atoms with E-state index in [9.17, 15) is 0 Å². The van der Waals surface area contributed by atoms with Gasteiger partial charge in [-0.15, -0.1) is 0 Å². The molecule has 2 atom stereocenters. The van der Waals surface area contributed by atoms with Crippen molar-refractivity contribution < 1.29 is 31.6 Å². The molecule has 2 saturated heterocycles. The van der Waals surface area contributed by atoms with Gasteiger partial charge in [-0.3, -0.25) is 0 Å². The molecule has 2 fully saturated rings. The van der Waals surface area contributed by atoms with E-state index in [1.807, 2.05) is 0 Å². The Morgan fingerprint density at radius 1 is 0.615 bits per heavy atom. The Morgan fingerprint density at radius 3 is 1.23 bits per heavy atom. The molecule has 0 aromatic rings. The van der Waals surface area contributed by atoms with Gasteiger partial charge in [0, 0.05) is 13.2 Å². The van der Waals surface area contributed by atoms with Crippen LogP contribution in [0, 0.1) is 0 Å². The molecule has 0 aromatic carbocycles. The second kappa shape index (κ2) is 15.9. The molecule has 0 spiro atoms. The van der Waals surface area contributed by atoms with E-state index in [0.717, 1.165) is 89.5 Å². The van der Waals surface area contributed by atoms with E-state index in [0.29, 0.717) is 25.0 Å². The highest BCUT2D eigenvalue weighted by Crippen LogP contribution is 2.32. The Morgan fingerprint density at radius 2 is 0.923 bits per heavy atom. The van der Waals surface area contributed by atoms with Crippen LogP contribution in [0.3, 0.4) is 0 Å². The van der Waals surface area contributed by atoms with E-state index < -0.39 is 38.9 Å². The summed E-state index contributed by atoms with van der Waals surface area (Å²) >= 11 is 0. The molecule has 0 N–H and O–H groups in total. The van der Waals surface area contributed by atoms with Gasteiger partial charge in [0.15, 0.2) is 33.3 Å². The van der Waals surface area contributed by atoms with Crippen LogP contribution >= 0.6 is 0 Å². The predicted molar refractivity (Wildman–Crippen MR) is 170 cm³/mol. The molecule has 2 aliphatic rings. The lowest BCUT2D eigenvalue weighted by atomic mass is 9.97. The van der Waals surface area contributed by atoms with Crippen LogP contribution < -0.4 is 0 Å². The van der Waals surface area contributed by atoms with E-state index >= 15 is 4.39 Å². The lowest BCUT2D eigenvalue weighted by Gasteiger charge is -2.35. The predicted octanol–water partition coefficient (Wildman–Crippen LogP) is 7.74. The molecule has 0 aliphatic carbocycles. The second-order valence-corrected chi connectivity index (χ2v) is 32.3. The van der Waals surface area contributed by atoms with Crippen LogP contribution in [0.2, 0.25) is 76.6 Å². The number of ether oxygens (including phenoxy) is 4. The third kappa shape index (κ3) is 18.7. The van der Waals surface area contributed by atoms with Crippen molar-refractivity contribution in [3.63, 3.8) is 0 Å². The fourth-order valence-electron chi connectivity index (χ4n) is 5.55. The van der Waals surface area contributed by atoms with E-state index in [1.54, 1.807) is 6.92 Å². The first-order valence-electron chi connectivity index (χ1n) is 15.5. The number of hydrogen-bond acceptors (Lipinski definition) is 6. The largest absolute Gasteiger partial charge is 0.455 e. The lowest BCUT2D eigenvalue weighted by Crippen LogP contribution is -2.44. The first-order valence-corrected chi connectivity index (χ1v) is 27.9. The summed E-state index contributed by atoms with van der Waals surface area (Å²) in [6.45, 7) is 25.0. The lowest BCUT2D eigenvalue weighted by molar-refractivity contribution is 0.116. The van der Waals surface area contributed by atoms with Crippen LogP contribution in [0.1, 0.15) is 45.4 Å². The van der Waals surface area contributed by atoms with Gasteiger partial charge in [0.25, 0.3) is 0 Å². The highest BCUT2D eigenvalue weighted by molar-refractivity contribution is 6.85. The third-order valence-electron chi connectivity index (χ3n) is 7.61. The summed E-state index contributed by atoms with van der Waals surface area (Å²) in [5, 5.41) is 0. The summed E-state index contributed by atoms with van der Waals surface area (Å²) in [6, 6.07) is 4.28. The minimum atomic E-state index is -1.81. The van der Waals surface area contributed by atoms with Crippen LogP contribution in [-0.4, -0.2) is 90.8 Å². The van der Waals surface area contributed by atoms with Gasteiger partial charge in [0.05, 0.1) is 26.4 Å². The Hall–Kier alpha value is 0.558. The summed E-state index contributed by atoms with van der Waals surface area (Å²) in [4.78, 5) is 0. The fourth-order valence-corrected chi connectivity index (χ4v) is 23.2. The quantitative estimate of drug-likeness (QED) is 0.0622. The average molecular weight is 625 g/mol. The van der Waals surface area contributed by atoms with Gasteiger partial charge in [0.1, 0.15) is 17.9 Å². The molecule has 39 heavy (non-hydrogen) atoms. The highest BCUT2D eigenvalue weighted by atomic mass is 28.4. The number of halogens is 1. The van der Waals surface area contributed by atoms with Gasteiger partial charge in [-0.1, -0.05) is 12.8 Å². The van der Waals surface area contributed by atoms with Crippen molar-refractivity contribution in [1.82, 2.24) is 0 Å².